The second-order valence-corrected chi connectivity index (χ2v) is 5.59. The predicted molar refractivity (Wildman–Crippen MR) is 66.6 cm³/mol. The molecule has 17 heavy (non-hydrogen) atoms. The van der Waals surface area contributed by atoms with Gasteiger partial charge in [0, 0.05) is 13.0 Å². The Bertz CT molecular complexity index is 643. The molecule has 0 N–H and O–H groups in total. The fraction of sp³-hybridized carbons (Fsp3) is 0.429. The van der Waals surface area contributed by atoms with Gasteiger partial charge in [0.25, 0.3) is 0 Å². The Morgan fingerprint density at radius 3 is 2.76 bits per heavy atom. The molecule has 1 heterocycles. The first-order valence-electron chi connectivity index (χ1n) is 5.89. The molecule has 0 spiro atoms. The van der Waals surface area contributed by atoms with Gasteiger partial charge in [-0.05, 0) is 30.0 Å². The van der Waals surface area contributed by atoms with Crippen LogP contribution in [0, 0.1) is 16.7 Å². The van der Waals surface area contributed by atoms with Gasteiger partial charge in [-0.3, -0.25) is 0 Å². The van der Waals surface area contributed by atoms with Crippen molar-refractivity contribution in [1.82, 2.24) is 9.55 Å². The number of nitriles is 1. The highest BCUT2D eigenvalue weighted by Crippen LogP contribution is 2.58. The van der Waals surface area contributed by atoms with Crippen LogP contribution in [0.15, 0.2) is 18.2 Å². The molecule has 86 valence electrons. The van der Waals surface area contributed by atoms with E-state index in [1.165, 1.54) is 6.42 Å². The number of nitrogens with zero attached hydrogens (tertiary/aromatic N) is 3. The summed E-state index contributed by atoms with van der Waals surface area (Å²) in [6, 6.07) is 7.87. The highest BCUT2D eigenvalue weighted by Gasteiger charge is 2.49. The van der Waals surface area contributed by atoms with Crippen LogP contribution >= 0.6 is 0 Å². The van der Waals surface area contributed by atoms with Crippen LogP contribution in [0.3, 0.4) is 0 Å². The standard InChI is InChI=1S/C14H15N3/c1-14(2)7-10(14)13-16-11-6-9(8-15)4-5-12(11)17(13)3/h4-6,10H,7H2,1-3H3. The third-order valence-corrected chi connectivity index (χ3v) is 3.87. The van der Waals surface area contributed by atoms with Crippen molar-refractivity contribution in [3.63, 3.8) is 0 Å². The molecule has 0 bridgehead atoms. The fourth-order valence-electron chi connectivity index (χ4n) is 2.51. The van der Waals surface area contributed by atoms with Crippen LogP contribution in [0.1, 0.15) is 37.6 Å². The molecule has 2 aromatic rings. The topological polar surface area (TPSA) is 41.6 Å². The number of hydrogen-bond donors (Lipinski definition) is 0. The maximum absolute atomic E-state index is 8.89. The summed E-state index contributed by atoms with van der Waals surface area (Å²) in [6.07, 6.45) is 1.20. The molecule has 1 unspecified atom stereocenters. The zero-order valence-electron chi connectivity index (χ0n) is 10.4. The normalized spacial score (nSPS) is 21.4. The van der Waals surface area contributed by atoms with E-state index in [1.54, 1.807) is 0 Å². The van der Waals surface area contributed by atoms with Gasteiger partial charge in [0.2, 0.25) is 0 Å². The first-order chi connectivity index (χ1) is 8.03. The number of rotatable bonds is 1. The smallest absolute Gasteiger partial charge is 0.113 e. The number of aryl methyl sites for hydroxylation is 1. The van der Waals surface area contributed by atoms with Crippen LogP contribution in [-0.2, 0) is 7.05 Å². The summed E-state index contributed by atoms with van der Waals surface area (Å²) in [5, 5.41) is 8.89. The van der Waals surface area contributed by atoms with Crippen LogP contribution in [0.25, 0.3) is 11.0 Å². The average Bonchev–Trinajstić information content (AvgIpc) is 2.80. The average molecular weight is 225 g/mol. The summed E-state index contributed by atoms with van der Waals surface area (Å²) in [4.78, 5) is 4.69. The third-order valence-electron chi connectivity index (χ3n) is 3.87. The molecule has 1 saturated carbocycles. The van der Waals surface area contributed by atoms with Gasteiger partial charge in [-0.2, -0.15) is 5.26 Å². The second kappa shape index (κ2) is 3.10. The van der Waals surface area contributed by atoms with E-state index in [0.717, 1.165) is 16.9 Å². The van der Waals surface area contributed by atoms with E-state index >= 15 is 0 Å². The zero-order valence-corrected chi connectivity index (χ0v) is 10.4. The summed E-state index contributed by atoms with van der Waals surface area (Å²) in [5.41, 5.74) is 3.11. The molecule has 1 fully saturated rings. The van der Waals surface area contributed by atoms with Crippen molar-refractivity contribution in [1.29, 1.82) is 5.26 Å². The first kappa shape index (κ1) is 10.3. The Kier molecular flexibility index (Phi) is 1.89. The molecule has 3 heteroatoms. The number of hydrogen-bond acceptors (Lipinski definition) is 2. The molecule has 1 aromatic heterocycles. The Morgan fingerprint density at radius 2 is 2.18 bits per heavy atom. The molecule has 1 atom stereocenters. The summed E-state index contributed by atoms with van der Waals surface area (Å²) in [5.74, 6) is 1.71. The van der Waals surface area contributed by atoms with E-state index in [0.29, 0.717) is 16.9 Å². The summed E-state index contributed by atoms with van der Waals surface area (Å²) >= 11 is 0. The van der Waals surface area contributed by atoms with Gasteiger partial charge >= 0.3 is 0 Å². The molecule has 0 radical (unpaired) electrons. The van der Waals surface area contributed by atoms with Crippen molar-refractivity contribution < 1.29 is 0 Å². The minimum atomic E-state index is 0.382. The predicted octanol–water partition coefficient (Wildman–Crippen LogP) is 2.96. The third kappa shape index (κ3) is 1.44. The van der Waals surface area contributed by atoms with Crippen molar-refractivity contribution in [3.8, 4) is 6.07 Å². The molecule has 0 saturated heterocycles. The number of aromatic nitrogens is 2. The summed E-state index contributed by atoms with van der Waals surface area (Å²) in [7, 11) is 2.06. The van der Waals surface area contributed by atoms with Crippen molar-refractivity contribution in [2.24, 2.45) is 12.5 Å². The molecule has 1 aliphatic rings. The lowest BCUT2D eigenvalue weighted by Gasteiger charge is -2.03. The van der Waals surface area contributed by atoms with Crippen LogP contribution < -0.4 is 0 Å². The Labute approximate surface area is 101 Å². The van der Waals surface area contributed by atoms with Crippen molar-refractivity contribution in [2.45, 2.75) is 26.2 Å². The van der Waals surface area contributed by atoms with E-state index in [9.17, 15) is 0 Å². The van der Waals surface area contributed by atoms with Crippen LogP contribution in [0.2, 0.25) is 0 Å². The molecule has 1 aromatic carbocycles. The van der Waals surface area contributed by atoms with E-state index in [2.05, 4.69) is 31.5 Å². The molecular weight excluding hydrogens is 210 g/mol. The van der Waals surface area contributed by atoms with Gasteiger partial charge in [-0.1, -0.05) is 13.8 Å². The van der Waals surface area contributed by atoms with Gasteiger partial charge in [-0.15, -0.1) is 0 Å². The van der Waals surface area contributed by atoms with Crippen molar-refractivity contribution in [2.75, 3.05) is 0 Å². The van der Waals surface area contributed by atoms with E-state index < -0.39 is 0 Å². The largest absolute Gasteiger partial charge is 0.331 e. The Hall–Kier alpha value is -1.82. The van der Waals surface area contributed by atoms with Gasteiger partial charge < -0.3 is 4.57 Å². The molecular formula is C14H15N3. The van der Waals surface area contributed by atoms with Crippen molar-refractivity contribution >= 4 is 11.0 Å². The lowest BCUT2D eigenvalue weighted by molar-refractivity contribution is 0.600. The monoisotopic (exact) mass is 225 g/mol. The van der Waals surface area contributed by atoms with Crippen LogP contribution in [-0.4, -0.2) is 9.55 Å². The molecule has 0 aliphatic heterocycles. The highest BCUT2D eigenvalue weighted by atomic mass is 15.1. The first-order valence-corrected chi connectivity index (χ1v) is 5.89. The molecule has 3 rings (SSSR count). The summed E-state index contributed by atoms with van der Waals surface area (Å²) in [6.45, 7) is 4.55. The minimum absolute atomic E-state index is 0.382. The fourth-order valence-corrected chi connectivity index (χ4v) is 2.51. The Balaban J connectivity index is 2.16. The summed E-state index contributed by atoms with van der Waals surface area (Å²) < 4.78 is 2.16. The number of fused-ring (bicyclic) bond motifs is 1. The molecule has 1 aliphatic carbocycles. The minimum Gasteiger partial charge on any atom is -0.331 e. The molecule has 0 amide bonds. The highest BCUT2D eigenvalue weighted by molar-refractivity contribution is 5.78. The Morgan fingerprint density at radius 1 is 1.47 bits per heavy atom. The van der Waals surface area contributed by atoms with Crippen LogP contribution in [0.4, 0.5) is 0 Å². The quantitative estimate of drug-likeness (QED) is 0.748. The lowest BCUT2D eigenvalue weighted by Crippen LogP contribution is -1.99. The van der Waals surface area contributed by atoms with Gasteiger partial charge in [0.05, 0.1) is 22.7 Å². The SMILES string of the molecule is Cn1c(C2CC2(C)C)nc2cc(C#N)ccc21. The molecule has 3 nitrogen and oxygen atoms in total. The van der Waals surface area contributed by atoms with Crippen molar-refractivity contribution in [3.05, 3.63) is 29.6 Å². The van der Waals surface area contributed by atoms with E-state index in [-0.39, 0.29) is 0 Å². The number of imidazole rings is 1. The number of benzene rings is 1. The zero-order chi connectivity index (χ0) is 12.2. The van der Waals surface area contributed by atoms with Gasteiger partial charge in [-0.25, -0.2) is 4.98 Å². The van der Waals surface area contributed by atoms with E-state index in [1.807, 2.05) is 18.2 Å². The maximum Gasteiger partial charge on any atom is 0.113 e. The van der Waals surface area contributed by atoms with Gasteiger partial charge in [0.1, 0.15) is 5.82 Å². The van der Waals surface area contributed by atoms with Gasteiger partial charge in [0.15, 0.2) is 0 Å². The van der Waals surface area contributed by atoms with Crippen LogP contribution in [0.5, 0.6) is 0 Å². The lowest BCUT2D eigenvalue weighted by atomic mass is 10.1. The second-order valence-electron chi connectivity index (χ2n) is 5.59. The van der Waals surface area contributed by atoms with E-state index in [4.69, 9.17) is 10.2 Å². The maximum atomic E-state index is 8.89.